The topological polar surface area (TPSA) is 104 Å². The molecular weight excluding hydrogens is 250 g/mol. The van der Waals surface area contributed by atoms with E-state index in [1.54, 1.807) is 12.1 Å². The molecule has 0 spiro atoms. The summed E-state index contributed by atoms with van der Waals surface area (Å²) in [6.45, 7) is 0. The number of hydrogen-bond acceptors (Lipinski definition) is 5. The Labute approximate surface area is 88.3 Å². The summed E-state index contributed by atoms with van der Waals surface area (Å²) in [5, 5.41) is 17.4. The monoisotopic (exact) mass is 257 g/mol. The Kier molecular flexibility index (Phi) is 2.06. The molecule has 1 aromatic carbocycles. The van der Waals surface area contributed by atoms with Gasteiger partial charge in [0.15, 0.2) is 5.69 Å². The second-order valence-corrected chi connectivity index (χ2v) is 3.70. The number of fused-ring (bicyclic) bond motifs is 1. The Balaban J connectivity index is 2.55. The van der Waals surface area contributed by atoms with Gasteiger partial charge in [-0.2, -0.15) is 0 Å². The van der Waals surface area contributed by atoms with Crippen LogP contribution in [0.25, 0.3) is 0 Å². The highest BCUT2D eigenvalue weighted by Gasteiger charge is 2.18. The quantitative estimate of drug-likeness (QED) is 0.379. The van der Waals surface area contributed by atoms with Crippen molar-refractivity contribution in [2.45, 2.75) is 0 Å². The third-order valence-corrected chi connectivity index (χ3v) is 2.54. The Morgan fingerprint density at radius 1 is 1.43 bits per heavy atom. The molecule has 0 radical (unpaired) electrons. The lowest BCUT2D eigenvalue weighted by molar-refractivity contribution is -0.783. The number of nitrogens with zero attached hydrogens (tertiary/aromatic N) is 1. The van der Waals surface area contributed by atoms with Gasteiger partial charge in [0.05, 0.1) is 0 Å². The van der Waals surface area contributed by atoms with Crippen molar-refractivity contribution in [1.29, 1.82) is 0 Å². The third-order valence-electron chi connectivity index (χ3n) is 1.85. The fourth-order valence-electron chi connectivity index (χ4n) is 1.21. The summed E-state index contributed by atoms with van der Waals surface area (Å²) in [6, 6.07) is 3.26. The van der Waals surface area contributed by atoms with Gasteiger partial charge < -0.3 is 22.0 Å². The molecular formula is C7H8BrN5O. The highest BCUT2D eigenvalue weighted by atomic mass is 79.9. The normalized spacial score (nSPS) is 19.6. The lowest BCUT2D eigenvalue weighted by Gasteiger charge is -2.23. The standard InChI is InChI=1S/C7H8BrN5O/c8-3-1-6-5(2-4(3)9)11-7(10)12-13(6)14/h1-2,13H,9H2,(H3,10,11,12). The highest BCUT2D eigenvalue weighted by Crippen LogP contribution is 2.29. The number of nitrogen functional groups attached to an aromatic ring is 1. The molecule has 2 rings (SSSR count). The molecule has 1 aliphatic heterocycles. The van der Waals surface area contributed by atoms with Gasteiger partial charge in [-0.25, -0.2) is 5.17 Å². The van der Waals surface area contributed by atoms with E-state index in [1.165, 1.54) is 0 Å². The molecule has 0 aromatic heterocycles. The summed E-state index contributed by atoms with van der Waals surface area (Å²) >= 11 is 3.23. The summed E-state index contributed by atoms with van der Waals surface area (Å²) in [5.41, 5.74) is 12.6. The molecule has 0 bridgehead atoms. The van der Waals surface area contributed by atoms with Gasteiger partial charge in [-0.15, -0.1) is 0 Å². The summed E-state index contributed by atoms with van der Waals surface area (Å²) in [6.07, 6.45) is 0. The van der Waals surface area contributed by atoms with E-state index in [2.05, 4.69) is 26.3 Å². The Hall–Kier alpha value is -1.31. The molecule has 0 fully saturated rings. The molecule has 1 atom stereocenters. The Morgan fingerprint density at radius 2 is 2.14 bits per heavy atom. The van der Waals surface area contributed by atoms with Crippen molar-refractivity contribution in [3.05, 3.63) is 21.8 Å². The predicted molar refractivity (Wildman–Crippen MR) is 57.8 cm³/mol. The minimum absolute atomic E-state index is 0.0872. The molecule has 6 N–H and O–H groups in total. The van der Waals surface area contributed by atoms with Gasteiger partial charge in [0.2, 0.25) is 0 Å². The van der Waals surface area contributed by atoms with E-state index in [0.717, 1.165) is 0 Å². The van der Waals surface area contributed by atoms with Gasteiger partial charge in [-0.05, 0) is 27.1 Å². The number of guanidine groups is 1. The molecule has 1 heterocycles. The SMILES string of the molecule is NC1=N[NH+]([O-])c2cc(Br)c(N)cc2N1. The molecule has 6 nitrogen and oxygen atoms in total. The van der Waals surface area contributed by atoms with Crippen LogP contribution in [0.5, 0.6) is 0 Å². The van der Waals surface area contributed by atoms with Gasteiger partial charge >= 0.3 is 0 Å². The minimum Gasteiger partial charge on any atom is -0.601 e. The number of rotatable bonds is 0. The van der Waals surface area contributed by atoms with Crippen LogP contribution in [0.4, 0.5) is 17.1 Å². The molecule has 1 aliphatic rings. The molecule has 0 aliphatic carbocycles. The van der Waals surface area contributed by atoms with Crippen LogP contribution in [0.15, 0.2) is 21.7 Å². The molecule has 1 aromatic rings. The van der Waals surface area contributed by atoms with E-state index in [4.69, 9.17) is 11.5 Å². The van der Waals surface area contributed by atoms with Crippen LogP contribution in [-0.2, 0) is 0 Å². The van der Waals surface area contributed by atoms with Crippen molar-refractivity contribution in [3.63, 3.8) is 0 Å². The average molecular weight is 258 g/mol. The zero-order valence-electron chi connectivity index (χ0n) is 7.04. The fourth-order valence-corrected chi connectivity index (χ4v) is 1.55. The van der Waals surface area contributed by atoms with Crippen LogP contribution >= 0.6 is 15.9 Å². The summed E-state index contributed by atoms with van der Waals surface area (Å²) in [7, 11) is 0. The first-order chi connectivity index (χ1) is 6.58. The second kappa shape index (κ2) is 3.12. The minimum atomic E-state index is -0.364. The summed E-state index contributed by atoms with van der Waals surface area (Å²) < 4.78 is 0.669. The number of quaternary nitrogens is 1. The third kappa shape index (κ3) is 1.41. The number of benzene rings is 1. The predicted octanol–water partition coefficient (Wildman–Crippen LogP) is -0.299. The molecule has 0 amide bonds. The van der Waals surface area contributed by atoms with Crippen LogP contribution in [0.1, 0.15) is 0 Å². The average Bonchev–Trinajstić information content (AvgIpc) is 2.08. The van der Waals surface area contributed by atoms with Crippen molar-refractivity contribution in [1.82, 2.24) is 0 Å². The molecule has 1 unspecified atom stereocenters. The number of hydrogen-bond donors (Lipinski definition) is 4. The summed E-state index contributed by atoms with van der Waals surface area (Å²) in [4.78, 5) is 0. The van der Waals surface area contributed by atoms with Gasteiger partial charge in [0.1, 0.15) is 5.69 Å². The van der Waals surface area contributed by atoms with Gasteiger partial charge in [0.25, 0.3) is 5.96 Å². The number of nitrogens with two attached hydrogens (primary N) is 2. The van der Waals surface area contributed by atoms with Gasteiger partial charge in [-0.1, -0.05) is 0 Å². The van der Waals surface area contributed by atoms with E-state index in [1.807, 2.05) is 0 Å². The van der Waals surface area contributed by atoms with Crippen molar-refractivity contribution in [2.24, 2.45) is 10.8 Å². The summed E-state index contributed by atoms with van der Waals surface area (Å²) in [5.74, 6) is 0.0872. The van der Waals surface area contributed by atoms with E-state index < -0.39 is 0 Å². The number of anilines is 2. The largest absolute Gasteiger partial charge is 0.601 e. The van der Waals surface area contributed by atoms with Crippen LogP contribution in [0.3, 0.4) is 0 Å². The maximum atomic E-state index is 11.4. The molecule has 0 saturated heterocycles. The van der Waals surface area contributed by atoms with Gasteiger partial charge in [0, 0.05) is 16.2 Å². The molecule has 74 valence electrons. The van der Waals surface area contributed by atoms with Crippen LogP contribution < -0.4 is 22.0 Å². The lowest BCUT2D eigenvalue weighted by Crippen LogP contribution is -2.98. The van der Waals surface area contributed by atoms with Crippen LogP contribution in [-0.4, -0.2) is 5.96 Å². The van der Waals surface area contributed by atoms with Crippen molar-refractivity contribution in [2.75, 3.05) is 11.1 Å². The van der Waals surface area contributed by atoms with Gasteiger partial charge in [-0.3, -0.25) is 0 Å². The van der Waals surface area contributed by atoms with Crippen molar-refractivity contribution < 1.29 is 5.17 Å². The van der Waals surface area contributed by atoms with Crippen molar-refractivity contribution >= 4 is 39.0 Å². The van der Waals surface area contributed by atoms with E-state index >= 15 is 0 Å². The molecule has 0 saturated carbocycles. The van der Waals surface area contributed by atoms with E-state index in [0.29, 0.717) is 21.5 Å². The Morgan fingerprint density at radius 3 is 2.86 bits per heavy atom. The Bertz CT molecular complexity index is 419. The van der Waals surface area contributed by atoms with Crippen LogP contribution in [0, 0.1) is 5.21 Å². The zero-order chi connectivity index (χ0) is 10.3. The maximum absolute atomic E-state index is 11.4. The maximum Gasteiger partial charge on any atom is 0.252 e. The first-order valence-corrected chi connectivity index (χ1v) is 4.62. The first-order valence-electron chi connectivity index (χ1n) is 3.82. The fraction of sp³-hybridized carbons (Fsp3) is 0. The zero-order valence-corrected chi connectivity index (χ0v) is 8.63. The second-order valence-electron chi connectivity index (χ2n) is 2.85. The highest BCUT2D eigenvalue weighted by molar-refractivity contribution is 9.10. The van der Waals surface area contributed by atoms with Crippen LogP contribution in [0.2, 0.25) is 0 Å². The molecule has 14 heavy (non-hydrogen) atoms. The van der Waals surface area contributed by atoms with Crippen molar-refractivity contribution in [3.8, 4) is 0 Å². The lowest BCUT2D eigenvalue weighted by atomic mass is 10.2. The van der Waals surface area contributed by atoms with E-state index in [9.17, 15) is 5.21 Å². The number of halogens is 1. The first kappa shape index (κ1) is 9.25. The smallest absolute Gasteiger partial charge is 0.252 e. The molecule has 7 heteroatoms. The number of nitrogens with one attached hydrogen (secondary N) is 2. The van der Waals surface area contributed by atoms with E-state index in [-0.39, 0.29) is 11.1 Å².